The zero-order valence-electron chi connectivity index (χ0n) is 36.7. The minimum Gasteiger partial charge on any atom is -0.478 e. The summed E-state index contributed by atoms with van der Waals surface area (Å²) in [4.78, 5) is 23.5. The van der Waals surface area contributed by atoms with Crippen LogP contribution in [0.3, 0.4) is 0 Å². The lowest BCUT2D eigenvalue weighted by Crippen LogP contribution is -2.38. The minimum atomic E-state index is -0.257. The first-order chi connectivity index (χ1) is 33.7. The van der Waals surface area contributed by atoms with Gasteiger partial charge in [-0.3, -0.25) is 9.97 Å². The van der Waals surface area contributed by atoms with Gasteiger partial charge in [-0.05, 0) is 122 Å². The quantitative estimate of drug-likeness (QED) is 0.143. The topological polar surface area (TPSA) is 82.9 Å². The number of allylic oxidation sites excluding steroid dienone is 2. The molecular formula is C61H41N5O2. The van der Waals surface area contributed by atoms with Crippen LogP contribution in [-0.2, 0) is 0 Å². The van der Waals surface area contributed by atoms with Crippen LogP contribution in [0.2, 0.25) is 0 Å². The van der Waals surface area contributed by atoms with Crippen molar-refractivity contribution < 1.29 is 9.47 Å². The maximum Gasteiger partial charge on any atom is 0.170 e. The fraction of sp³-hybridized carbons (Fsp3) is 0.0328. The Balaban J connectivity index is 0.890. The van der Waals surface area contributed by atoms with Crippen molar-refractivity contribution in [1.82, 2.24) is 24.9 Å². The van der Waals surface area contributed by atoms with Gasteiger partial charge in [-0.25, -0.2) is 15.0 Å². The van der Waals surface area contributed by atoms with Crippen LogP contribution in [0.1, 0.15) is 0 Å². The maximum atomic E-state index is 6.86. The van der Waals surface area contributed by atoms with Crippen LogP contribution >= 0.6 is 0 Å². The first kappa shape index (κ1) is 40.4. The molecule has 0 N–H and O–H groups in total. The predicted molar refractivity (Wildman–Crippen MR) is 271 cm³/mol. The third-order valence-corrected chi connectivity index (χ3v) is 12.5. The Morgan fingerprint density at radius 3 is 1.00 bits per heavy atom. The third kappa shape index (κ3) is 8.03. The predicted octanol–water partition coefficient (Wildman–Crippen LogP) is 14.3. The molecule has 4 heterocycles. The van der Waals surface area contributed by atoms with Gasteiger partial charge >= 0.3 is 0 Å². The van der Waals surface area contributed by atoms with Crippen molar-refractivity contribution in [3.8, 4) is 112 Å². The molecule has 7 nitrogen and oxygen atoms in total. The number of aromatic nitrogens is 5. The van der Waals surface area contributed by atoms with Crippen LogP contribution in [-0.4, -0.2) is 37.1 Å². The summed E-state index contributed by atoms with van der Waals surface area (Å²) in [6.07, 6.45) is 15.0. The summed E-state index contributed by atoms with van der Waals surface area (Å²) in [5.41, 5.74) is 15.6. The standard InChI is InChI=1S/C61H41N5O2/c1-3-9-40(10-4-1)41-17-23-48(24-18-41)60-64-59(47-11-5-2-6-12-47)65-61(66-60)49-25-21-46(22-26-49)54-28-27-53(57-58(54)68-56-14-8-7-13-55(56)67-57)45-19-15-42(16-20-45)50-37-51(43-29-33-62-34-30-43)39-52(38-50)44-31-35-63-36-32-44/h1-39,55-56H. The van der Waals surface area contributed by atoms with Crippen LogP contribution in [0.15, 0.2) is 237 Å². The van der Waals surface area contributed by atoms with E-state index in [9.17, 15) is 0 Å². The highest BCUT2D eigenvalue weighted by molar-refractivity contribution is 5.86. The molecule has 2 aliphatic rings. The molecule has 322 valence electrons. The molecule has 2 unspecified atom stereocenters. The van der Waals surface area contributed by atoms with E-state index in [0.717, 1.165) is 83.5 Å². The van der Waals surface area contributed by atoms with Crippen LogP contribution in [0, 0.1) is 0 Å². The minimum absolute atomic E-state index is 0.253. The maximum absolute atomic E-state index is 6.86. The zero-order valence-corrected chi connectivity index (χ0v) is 36.7. The van der Waals surface area contributed by atoms with Gasteiger partial charge in [0.2, 0.25) is 0 Å². The van der Waals surface area contributed by atoms with Crippen molar-refractivity contribution in [3.63, 3.8) is 0 Å². The molecule has 0 spiro atoms. The number of fused-ring (bicyclic) bond motifs is 2. The lowest BCUT2D eigenvalue weighted by Gasteiger charge is -2.34. The molecule has 12 rings (SSSR count). The Morgan fingerprint density at radius 1 is 0.279 bits per heavy atom. The monoisotopic (exact) mass is 875 g/mol. The van der Waals surface area contributed by atoms with Crippen molar-refractivity contribution >= 4 is 0 Å². The molecule has 0 saturated carbocycles. The summed E-state index contributed by atoms with van der Waals surface area (Å²) in [6, 6.07) is 65.0. The molecule has 3 aromatic heterocycles. The second-order valence-corrected chi connectivity index (χ2v) is 16.8. The van der Waals surface area contributed by atoms with Crippen molar-refractivity contribution in [1.29, 1.82) is 0 Å². The number of ether oxygens (including phenoxy) is 2. The van der Waals surface area contributed by atoms with Gasteiger partial charge in [0.15, 0.2) is 41.2 Å². The van der Waals surface area contributed by atoms with Crippen molar-refractivity contribution in [2.75, 3.05) is 0 Å². The number of rotatable bonds is 9. The second-order valence-electron chi connectivity index (χ2n) is 16.8. The largest absolute Gasteiger partial charge is 0.478 e. The molecule has 1 aliphatic heterocycles. The zero-order chi connectivity index (χ0) is 45.2. The van der Waals surface area contributed by atoms with E-state index in [-0.39, 0.29) is 12.2 Å². The highest BCUT2D eigenvalue weighted by Crippen LogP contribution is 2.49. The SMILES string of the molecule is C1=CC2Oc3c(-c4ccc(-c5cc(-c6ccncc6)cc(-c6ccncc6)c5)cc4)ccc(-c4ccc(-c5nc(-c6ccccc6)nc(-c6ccc(-c7ccccc7)cc6)n5)cc4)c3OC2C=C1. The molecule has 0 amide bonds. The fourth-order valence-corrected chi connectivity index (χ4v) is 8.95. The van der Waals surface area contributed by atoms with Gasteiger partial charge in [0.05, 0.1) is 0 Å². The number of nitrogens with zero attached hydrogens (tertiary/aromatic N) is 5. The molecule has 7 aromatic carbocycles. The Morgan fingerprint density at radius 2 is 0.588 bits per heavy atom. The summed E-state index contributed by atoms with van der Waals surface area (Å²) in [7, 11) is 0. The smallest absolute Gasteiger partial charge is 0.170 e. The number of hydrogen-bond donors (Lipinski definition) is 0. The van der Waals surface area contributed by atoms with E-state index >= 15 is 0 Å². The highest BCUT2D eigenvalue weighted by Gasteiger charge is 2.33. The average molecular weight is 876 g/mol. The lowest BCUT2D eigenvalue weighted by molar-refractivity contribution is 0.0769. The van der Waals surface area contributed by atoms with Gasteiger partial charge in [0.25, 0.3) is 0 Å². The molecule has 0 bridgehead atoms. The molecule has 10 aromatic rings. The Kier molecular flexibility index (Phi) is 10.5. The van der Waals surface area contributed by atoms with Crippen LogP contribution in [0.25, 0.3) is 101 Å². The summed E-state index contributed by atoms with van der Waals surface area (Å²) in [5, 5.41) is 0. The van der Waals surface area contributed by atoms with Gasteiger partial charge in [-0.15, -0.1) is 0 Å². The van der Waals surface area contributed by atoms with E-state index in [4.69, 9.17) is 24.4 Å². The van der Waals surface area contributed by atoms with E-state index in [1.165, 1.54) is 0 Å². The van der Waals surface area contributed by atoms with Crippen molar-refractivity contribution in [3.05, 3.63) is 237 Å². The Hall–Kier alpha value is -9.07. The molecule has 1 aliphatic carbocycles. The van der Waals surface area contributed by atoms with Crippen molar-refractivity contribution in [2.24, 2.45) is 0 Å². The average Bonchev–Trinajstić information content (AvgIpc) is 3.43. The molecule has 0 saturated heterocycles. The molecular weight excluding hydrogens is 835 g/mol. The van der Waals surface area contributed by atoms with Crippen LogP contribution < -0.4 is 9.47 Å². The summed E-state index contributed by atoms with van der Waals surface area (Å²) in [6.45, 7) is 0. The van der Waals surface area contributed by atoms with Gasteiger partial charge in [-0.2, -0.15) is 0 Å². The van der Waals surface area contributed by atoms with Gasteiger partial charge in [-0.1, -0.05) is 146 Å². The van der Waals surface area contributed by atoms with E-state index in [1.54, 1.807) is 0 Å². The lowest BCUT2D eigenvalue weighted by atomic mass is 9.92. The van der Waals surface area contributed by atoms with Gasteiger partial charge < -0.3 is 9.47 Å². The molecule has 0 fully saturated rings. The summed E-state index contributed by atoms with van der Waals surface area (Å²) >= 11 is 0. The van der Waals surface area contributed by atoms with E-state index < -0.39 is 0 Å². The van der Waals surface area contributed by atoms with E-state index in [0.29, 0.717) is 29.0 Å². The molecule has 2 atom stereocenters. The fourth-order valence-electron chi connectivity index (χ4n) is 8.95. The first-order valence-electron chi connectivity index (χ1n) is 22.7. The van der Waals surface area contributed by atoms with E-state index in [2.05, 4.69) is 150 Å². The normalized spacial score (nSPS) is 14.6. The van der Waals surface area contributed by atoms with Crippen LogP contribution in [0.4, 0.5) is 0 Å². The number of hydrogen-bond acceptors (Lipinski definition) is 7. The van der Waals surface area contributed by atoms with Crippen LogP contribution in [0.5, 0.6) is 11.5 Å². The second kappa shape index (κ2) is 17.7. The molecule has 7 heteroatoms. The third-order valence-electron chi connectivity index (χ3n) is 12.5. The van der Waals surface area contributed by atoms with Gasteiger partial charge in [0, 0.05) is 52.6 Å². The van der Waals surface area contributed by atoms with Gasteiger partial charge in [0.1, 0.15) is 0 Å². The Labute approximate surface area is 394 Å². The Bertz CT molecular complexity index is 3410. The van der Waals surface area contributed by atoms with Crippen molar-refractivity contribution in [2.45, 2.75) is 12.2 Å². The van der Waals surface area contributed by atoms with E-state index in [1.807, 2.05) is 97.6 Å². The first-order valence-corrected chi connectivity index (χ1v) is 22.7. The number of pyridine rings is 2. The molecule has 68 heavy (non-hydrogen) atoms. The highest BCUT2D eigenvalue weighted by atomic mass is 16.6. The number of benzene rings is 7. The summed E-state index contributed by atoms with van der Waals surface area (Å²) in [5.74, 6) is 3.24. The molecule has 0 radical (unpaired) electrons. The summed E-state index contributed by atoms with van der Waals surface area (Å²) < 4.78 is 13.7.